The van der Waals surface area contributed by atoms with Crippen LogP contribution in [-0.2, 0) is 29.5 Å². The van der Waals surface area contributed by atoms with Crippen molar-refractivity contribution < 1.29 is 36.9 Å². The molecule has 0 radical (unpaired) electrons. The molecule has 0 aliphatic carbocycles. The summed E-state index contributed by atoms with van der Waals surface area (Å²) in [4.78, 5) is 67.8. The largest absolute Gasteiger partial charge is 0.362 e. The number of imide groups is 1. The highest BCUT2D eigenvalue weighted by Crippen LogP contribution is 2.20. The smallest absolute Gasteiger partial charge is 0.340 e. The molecule has 2 aliphatic heterocycles. The number of aryl methyl sites for hydroxylation is 1. The number of hydrogen-bond acceptors (Lipinski definition) is 9. The maximum absolute atomic E-state index is 12.8. The van der Waals surface area contributed by atoms with Crippen LogP contribution in [0.1, 0.15) is 23.7 Å². The van der Waals surface area contributed by atoms with Crippen molar-refractivity contribution in [3.05, 3.63) is 16.1 Å². The van der Waals surface area contributed by atoms with Gasteiger partial charge in [0.1, 0.15) is 6.04 Å². The van der Waals surface area contributed by atoms with Crippen molar-refractivity contribution in [2.45, 2.75) is 25.9 Å². The molecule has 1 aromatic heterocycles. The van der Waals surface area contributed by atoms with E-state index in [2.05, 4.69) is 15.6 Å². The van der Waals surface area contributed by atoms with E-state index >= 15 is 0 Å². The molecule has 2 atom stereocenters. The molecule has 3 heterocycles. The Labute approximate surface area is 186 Å². The van der Waals surface area contributed by atoms with Crippen molar-refractivity contribution in [3.63, 3.8) is 0 Å². The van der Waals surface area contributed by atoms with Crippen molar-refractivity contribution in [1.82, 2.24) is 29.7 Å². The van der Waals surface area contributed by atoms with Crippen LogP contribution in [0.4, 0.5) is 4.79 Å². The summed E-state index contributed by atoms with van der Waals surface area (Å²) in [6.07, 6.45) is 0. The summed E-state index contributed by atoms with van der Waals surface area (Å²) in [6, 6.07) is -3.66. The molecule has 32 heavy (non-hydrogen) atoms. The van der Waals surface area contributed by atoms with E-state index in [-0.39, 0.29) is 23.1 Å². The maximum Gasteiger partial charge on any atom is 0.362 e. The number of aromatic nitrogens is 1. The predicted molar refractivity (Wildman–Crippen MR) is 107 cm³/mol. The van der Waals surface area contributed by atoms with Gasteiger partial charge >= 0.3 is 28.1 Å². The van der Waals surface area contributed by atoms with Gasteiger partial charge in [0.15, 0.2) is 6.04 Å². The zero-order valence-electron chi connectivity index (χ0n) is 17.0. The Balaban J connectivity index is 1.74. The zero-order valence-corrected chi connectivity index (χ0v) is 18.6. The van der Waals surface area contributed by atoms with Gasteiger partial charge in [-0.15, -0.1) is 11.3 Å². The second-order valence-corrected chi connectivity index (χ2v) is 9.32. The lowest BCUT2D eigenvalue weighted by Gasteiger charge is -2.36. The molecule has 0 spiro atoms. The minimum Gasteiger partial charge on any atom is -0.340 e. The molecule has 174 valence electrons. The average molecular weight is 489 g/mol. The van der Waals surface area contributed by atoms with Crippen LogP contribution < -0.4 is 10.6 Å². The summed E-state index contributed by atoms with van der Waals surface area (Å²) in [5, 5.41) is 6.70. The topological polar surface area (TPSA) is 186 Å². The van der Waals surface area contributed by atoms with E-state index in [0.717, 1.165) is 0 Å². The van der Waals surface area contributed by atoms with Gasteiger partial charge in [-0.05, 0) is 13.8 Å². The molecule has 6 amide bonds. The second-order valence-electron chi connectivity index (χ2n) is 6.92. The third kappa shape index (κ3) is 4.56. The molecular weight excluding hydrogens is 468 g/mol. The third-order valence-corrected chi connectivity index (χ3v) is 6.56. The van der Waals surface area contributed by atoms with Gasteiger partial charge in [-0.1, -0.05) is 0 Å². The van der Waals surface area contributed by atoms with E-state index in [1.54, 1.807) is 13.8 Å². The van der Waals surface area contributed by atoms with Crippen LogP contribution in [0.25, 0.3) is 0 Å². The van der Waals surface area contributed by atoms with Crippen molar-refractivity contribution in [2.24, 2.45) is 0 Å². The number of rotatable bonds is 6. The first kappa shape index (κ1) is 23.6. The lowest BCUT2D eigenvalue weighted by Crippen LogP contribution is -2.66. The fourth-order valence-electron chi connectivity index (χ4n) is 3.12. The van der Waals surface area contributed by atoms with E-state index < -0.39 is 58.6 Å². The van der Waals surface area contributed by atoms with Crippen LogP contribution in [0.5, 0.6) is 0 Å². The molecule has 0 bridgehead atoms. The number of carbonyl (C=O) groups excluding carboxylic acids is 5. The summed E-state index contributed by atoms with van der Waals surface area (Å²) >= 11 is 1.19. The van der Waals surface area contributed by atoms with E-state index in [1.807, 2.05) is 0 Å². The fourth-order valence-corrected chi connectivity index (χ4v) is 4.45. The Morgan fingerprint density at radius 1 is 1.28 bits per heavy atom. The Bertz CT molecular complexity index is 1090. The number of likely N-dealkylation sites (N-methyl/N-ethyl adjacent to an activating group) is 1. The van der Waals surface area contributed by atoms with Gasteiger partial charge < -0.3 is 15.5 Å². The van der Waals surface area contributed by atoms with Gasteiger partial charge in [-0.2, -0.15) is 8.42 Å². The maximum atomic E-state index is 12.8. The van der Waals surface area contributed by atoms with E-state index in [1.165, 1.54) is 21.6 Å². The van der Waals surface area contributed by atoms with Gasteiger partial charge in [0, 0.05) is 25.0 Å². The number of β-lactam (4-membered cyclic amide) rings is 1. The minimum atomic E-state index is -4.73. The molecule has 2 aliphatic rings. The second kappa shape index (κ2) is 8.79. The Hall–Kier alpha value is -3.11. The van der Waals surface area contributed by atoms with Gasteiger partial charge in [0.05, 0.1) is 17.2 Å². The van der Waals surface area contributed by atoms with Crippen LogP contribution in [0.2, 0.25) is 0 Å². The van der Waals surface area contributed by atoms with E-state index in [0.29, 0.717) is 16.5 Å². The van der Waals surface area contributed by atoms with Crippen molar-refractivity contribution >= 4 is 51.3 Å². The number of hydrogen-bond donors (Lipinski definition) is 3. The number of piperazine rings is 1. The van der Waals surface area contributed by atoms with Gasteiger partial charge in [-0.25, -0.2) is 14.1 Å². The molecule has 16 heteroatoms. The molecule has 3 rings (SSSR count). The lowest BCUT2D eigenvalue weighted by atomic mass is 10.1. The van der Waals surface area contributed by atoms with Gasteiger partial charge in [0.2, 0.25) is 5.91 Å². The van der Waals surface area contributed by atoms with Crippen LogP contribution in [0, 0.1) is 6.92 Å². The van der Waals surface area contributed by atoms with Gasteiger partial charge in [0.25, 0.3) is 5.91 Å². The van der Waals surface area contributed by atoms with E-state index in [4.69, 9.17) is 4.55 Å². The van der Waals surface area contributed by atoms with Crippen LogP contribution in [0.3, 0.4) is 0 Å². The SMILES string of the molecule is CCN1CCN(C(=O)NC(C(=O)NC2CN(S(=O)(=O)O)C2=O)c2csc(C)n2)C(=O)C1=O. The zero-order chi connectivity index (χ0) is 23.8. The first-order valence-electron chi connectivity index (χ1n) is 9.36. The molecule has 2 saturated heterocycles. The Morgan fingerprint density at radius 3 is 2.50 bits per heavy atom. The monoisotopic (exact) mass is 488 g/mol. The highest BCUT2D eigenvalue weighted by molar-refractivity contribution is 7.84. The molecule has 14 nitrogen and oxygen atoms in total. The normalized spacial score (nSPS) is 20.2. The molecule has 0 aromatic carbocycles. The number of thiazole rings is 1. The molecule has 2 fully saturated rings. The standard InChI is InChI=1S/C16H20N6O8S2/c1-3-20-4-5-21(15(26)14(20)25)16(27)19-11(10-7-31-8(2)17-10)12(23)18-9-6-22(13(9)24)32(28,29)30/h7,9,11H,3-6H2,1-2H3,(H,18,23)(H,19,27)(H,28,29,30). The molecule has 3 N–H and O–H groups in total. The first-order valence-corrected chi connectivity index (χ1v) is 11.6. The summed E-state index contributed by atoms with van der Waals surface area (Å²) in [6.45, 7) is 3.25. The Morgan fingerprint density at radius 2 is 1.97 bits per heavy atom. The van der Waals surface area contributed by atoms with Crippen molar-refractivity contribution in [1.29, 1.82) is 0 Å². The van der Waals surface area contributed by atoms with Crippen LogP contribution >= 0.6 is 11.3 Å². The van der Waals surface area contributed by atoms with Crippen LogP contribution in [0.15, 0.2) is 5.38 Å². The quantitative estimate of drug-likeness (QED) is 0.232. The molecule has 2 unspecified atom stereocenters. The fraction of sp³-hybridized carbons (Fsp3) is 0.500. The molecule has 0 saturated carbocycles. The summed E-state index contributed by atoms with van der Waals surface area (Å²) in [7, 11) is -4.73. The Kier molecular flexibility index (Phi) is 6.47. The van der Waals surface area contributed by atoms with Crippen LogP contribution in [-0.4, -0.2) is 93.9 Å². The minimum absolute atomic E-state index is 0.0703. The molecule has 1 aromatic rings. The first-order chi connectivity index (χ1) is 14.9. The van der Waals surface area contributed by atoms with Crippen molar-refractivity contribution in [3.8, 4) is 0 Å². The number of nitrogens with one attached hydrogen (secondary N) is 2. The van der Waals surface area contributed by atoms with Gasteiger partial charge in [-0.3, -0.25) is 28.6 Å². The lowest BCUT2D eigenvalue weighted by molar-refractivity contribution is -0.153. The number of carbonyl (C=O) groups is 5. The average Bonchev–Trinajstić information content (AvgIpc) is 3.15. The molecular formula is C16H20N6O8S2. The highest BCUT2D eigenvalue weighted by Gasteiger charge is 2.45. The van der Waals surface area contributed by atoms with Crippen molar-refractivity contribution in [2.75, 3.05) is 26.2 Å². The van der Waals surface area contributed by atoms with E-state index in [9.17, 15) is 32.4 Å². The number of nitrogens with zero attached hydrogens (tertiary/aromatic N) is 4. The summed E-state index contributed by atoms with van der Waals surface area (Å²) in [5.74, 6) is -3.81. The number of amides is 6. The summed E-state index contributed by atoms with van der Waals surface area (Å²) in [5.41, 5.74) is 0.128. The third-order valence-electron chi connectivity index (χ3n) is 4.89. The number of urea groups is 1. The summed E-state index contributed by atoms with van der Waals surface area (Å²) < 4.78 is 31.2. The highest BCUT2D eigenvalue weighted by atomic mass is 32.2. The predicted octanol–water partition coefficient (Wildman–Crippen LogP) is -1.98.